The van der Waals surface area contributed by atoms with Crippen LogP contribution >= 0.6 is 0 Å². The Labute approximate surface area is 120 Å². The standard InChI is InChI=1S/C10H12N6O4S/c1-8-6-9(16(17)18)2-3-10(8)21(19,20)13-4-5-15-12-7-11-14-15/h2-3,6-7,13H,4-5H2,1H3. The zero-order valence-electron chi connectivity index (χ0n) is 11.0. The van der Waals surface area contributed by atoms with Crippen molar-refractivity contribution in [2.45, 2.75) is 18.4 Å². The van der Waals surface area contributed by atoms with Crippen LogP contribution in [0.3, 0.4) is 0 Å². The summed E-state index contributed by atoms with van der Waals surface area (Å²) in [5.41, 5.74) is 0.147. The predicted octanol–water partition coefficient (Wildman–Crippen LogP) is -0.132. The molecule has 2 aromatic rings. The molecule has 11 heteroatoms. The molecule has 0 bridgehead atoms. The van der Waals surface area contributed by atoms with Crippen molar-refractivity contribution in [3.8, 4) is 0 Å². The van der Waals surface area contributed by atoms with Gasteiger partial charge in [0.1, 0.15) is 0 Å². The number of sulfonamides is 1. The van der Waals surface area contributed by atoms with Crippen LogP contribution in [0.1, 0.15) is 5.56 Å². The van der Waals surface area contributed by atoms with E-state index in [4.69, 9.17) is 0 Å². The third kappa shape index (κ3) is 3.58. The normalized spacial score (nSPS) is 11.5. The second kappa shape index (κ2) is 5.93. The second-order valence-electron chi connectivity index (χ2n) is 4.14. The monoisotopic (exact) mass is 312 g/mol. The lowest BCUT2D eigenvalue weighted by Gasteiger charge is -2.08. The van der Waals surface area contributed by atoms with Crippen LogP contribution in [-0.2, 0) is 16.6 Å². The largest absolute Gasteiger partial charge is 0.269 e. The number of tetrazole rings is 1. The molecule has 0 amide bonds. The summed E-state index contributed by atoms with van der Waals surface area (Å²) in [6.45, 7) is 1.81. The van der Waals surface area contributed by atoms with Crippen LogP contribution in [-0.4, -0.2) is 40.1 Å². The first-order valence-corrected chi connectivity index (χ1v) is 7.34. The summed E-state index contributed by atoms with van der Waals surface area (Å²) < 4.78 is 26.6. The summed E-state index contributed by atoms with van der Waals surface area (Å²) in [5.74, 6) is 0. The van der Waals surface area contributed by atoms with Gasteiger partial charge in [-0.1, -0.05) is 0 Å². The molecule has 0 spiro atoms. The molecule has 10 nitrogen and oxygen atoms in total. The topological polar surface area (TPSA) is 133 Å². The quantitative estimate of drug-likeness (QED) is 0.580. The molecule has 0 aliphatic heterocycles. The van der Waals surface area contributed by atoms with E-state index < -0.39 is 14.9 Å². The Kier molecular flexibility index (Phi) is 4.23. The highest BCUT2D eigenvalue weighted by molar-refractivity contribution is 7.89. The zero-order valence-corrected chi connectivity index (χ0v) is 11.8. The van der Waals surface area contributed by atoms with Crippen LogP contribution in [0.4, 0.5) is 5.69 Å². The molecule has 0 aliphatic rings. The number of benzene rings is 1. The molecule has 0 radical (unpaired) electrons. The molecule has 21 heavy (non-hydrogen) atoms. The van der Waals surface area contributed by atoms with Gasteiger partial charge in [-0.2, -0.15) is 4.80 Å². The van der Waals surface area contributed by atoms with Gasteiger partial charge >= 0.3 is 0 Å². The Balaban J connectivity index is 2.10. The van der Waals surface area contributed by atoms with E-state index >= 15 is 0 Å². The summed E-state index contributed by atoms with van der Waals surface area (Å²) in [5, 5.41) is 21.5. The van der Waals surface area contributed by atoms with Crippen molar-refractivity contribution in [3.05, 3.63) is 40.2 Å². The number of non-ortho nitro benzene ring substituents is 1. The number of rotatable bonds is 6. The molecular formula is C10H12N6O4S. The Morgan fingerprint density at radius 2 is 2.19 bits per heavy atom. The predicted molar refractivity (Wildman–Crippen MR) is 70.8 cm³/mol. The maximum absolute atomic E-state index is 12.1. The number of nitro groups is 1. The Bertz CT molecular complexity index is 743. The third-order valence-electron chi connectivity index (χ3n) is 2.65. The van der Waals surface area contributed by atoms with E-state index in [0.29, 0.717) is 5.56 Å². The summed E-state index contributed by atoms with van der Waals surface area (Å²) >= 11 is 0. The molecular weight excluding hydrogens is 300 g/mol. The van der Waals surface area contributed by atoms with Gasteiger partial charge in [0, 0.05) is 18.7 Å². The van der Waals surface area contributed by atoms with Gasteiger partial charge in [-0.15, -0.1) is 10.2 Å². The van der Waals surface area contributed by atoms with Gasteiger partial charge in [0.2, 0.25) is 10.0 Å². The first-order valence-electron chi connectivity index (χ1n) is 5.85. The summed E-state index contributed by atoms with van der Waals surface area (Å²) in [6.07, 6.45) is 1.25. The highest BCUT2D eigenvalue weighted by Gasteiger charge is 2.18. The maximum atomic E-state index is 12.1. The smallest absolute Gasteiger partial charge is 0.258 e. The Morgan fingerprint density at radius 1 is 1.43 bits per heavy atom. The van der Waals surface area contributed by atoms with Gasteiger partial charge in [-0.3, -0.25) is 10.1 Å². The first-order chi connectivity index (χ1) is 9.90. The van der Waals surface area contributed by atoms with Crippen molar-refractivity contribution in [2.24, 2.45) is 0 Å². The molecule has 0 aliphatic carbocycles. The molecule has 1 N–H and O–H groups in total. The number of aromatic nitrogens is 4. The fourth-order valence-corrected chi connectivity index (χ4v) is 2.94. The van der Waals surface area contributed by atoms with E-state index in [2.05, 4.69) is 20.1 Å². The van der Waals surface area contributed by atoms with Crippen LogP contribution in [0.5, 0.6) is 0 Å². The average molecular weight is 312 g/mol. The van der Waals surface area contributed by atoms with Crippen LogP contribution in [0.2, 0.25) is 0 Å². The number of aryl methyl sites for hydroxylation is 1. The Morgan fingerprint density at radius 3 is 2.76 bits per heavy atom. The van der Waals surface area contributed by atoms with Crippen molar-refractivity contribution < 1.29 is 13.3 Å². The van der Waals surface area contributed by atoms with Crippen molar-refractivity contribution in [1.82, 2.24) is 24.9 Å². The summed E-state index contributed by atoms with van der Waals surface area (Å²) in [7, 11) is -3.75. The van der Waals surface area contributed by atoms with Crippen molar-refractivity contribution in [3.63, 3.8) is 0 Å². The average Bonchev–Trinajstić information content (AvgIpc) is 2.91. The fourth-order valence-electron chi connectivity index (χ4n) is 1.70. The molecule has 0 saturated heterocycles. The molecule has 2 rings (SSSR count). The van der Waals surface area contributed by atoms with Gasteiger partial charge in [-0.25, -0.2) is 13.1 Å². The molecule has 0 atom stereocenters. The SMILES string of the molecule is Cc1cc([N+](=O)[O-])ccc1S(=O)(=O)NCCn1ncnn1. The number of hydrogen-bond acceptors (Lipinski definition) is 7. The fraction of sp³-hybridized carbons (Fsp3) is 0.300. The van der Waals surface area contributed by atoms with Crippen molar-refractivity contribution in [2.75, 3.05) is 6.54 Å². The molecule has 1 aromatic carbocycles. The van der Waals surface area contributed by atoms with E-state index in [1.807, 2.05) is 0 Å². The first kappa shape index (κ1) is 15.0. The number of hydrogen-bond donors (Lipinski definition) is 1. The summed E-state index contributed by atoms with van der Waals surface area (Å²) in [6, 6.07) is 3.58. The maximum Gasteiger partial charge on any atom is 0.269 e. The van der Waals surface area contributed by atoms with E-state index in [-0.39, 0.29) is 23.7 Å². The molecule has 1 heterocycles. The molecule has 112 valence electrons. The summed E-state index contributed by atoms with van der Waals surface area (Å²) in [4.78, 5) is 11.3. The lowest BCUT2D eigenvalue weighted by atomic mass is 10.2. The van der Waals surface area contributed by atoms with Gasteiger partial charge in [0.05, 0.1) is 16.4 Å². The van der Waals surface area contributed by atoms with E-state index in [9.17, 15) is 18.5 Å². The number of nitrogens with one attached hydrogen (secondary N) is 1. The molecule has 1 aromatic heterocycles. The second-order valence-corrected chi connectivity index (χ2v) is 5.87. The van der Waals surface area contributed by atoms with Crippen LogP contribution in [0.15, 0.2) is 29.4 Å². The minimum atomic E-state index is -3.75. The minimum Gasteiger partial charge on any atom is -0.258 e. The van der Waals surface area contributed by atoms with Crippen molar-refractivity contribution >= 4 is 15.7 Å². The lowest BCUT2D eigenvalue weighted by molar-refractivity contribution is -0.385. The highest BCUT2D eigenvalue weighted by atomic mass is 32.2. The molecule has 0 saturated carbocycles. The van der Waals surface area contributed by atoms with Gasteiger partial charge in [-0.05, 0) is 23.8 Å². The van der Waals surface area contributed by atoms with Gasteiger partial charge in [0.15, 0.2) is 6.33 Å². The number of nitro benzene ring substituents is 1. The highest BCUT2D eigenvalue weighted by Crippen LogP contribution is 2.20. The number of nitrogens with zero attached hydrogens (tertiary/aromatic N) is 5. The van der Waals surface area contributed by atoms with Gasteiger partial charge < -0.3 is 0 Å². The lowest BCUT2D eigenvalue weighted by Crippen LogP contribution is -2.28. The van der Waals surface area contributed by atoms with Crippen LogP contribution in [0, 0.1) is 17.0 Å². The molecule has 0 unspecified atom stereocenters. The van der Waals surface area contributed by atoms with Gasteiger partial charge in [0.25, 0.3) is 5.69 Å². The zero-order chi connectivity index (χ0) is 15.5. The van der Waals surface area contributed by atoms with Crippen LogP contribution < -0.4 is 4.72 Å². The third-order valence-corrected chi connectivity index (χ3v) is 4.28. The van der Waals surface area contributed by atoms with E-state index in [0.717, 1.165) is 6.07 Å². The van der Waals surface area contributed by atoms with Crippen molar-refractivity contribution in [1.29, 1.82) is 0 Å². The molecule has 0 fully saturated rings. The Hall–Kier alpha value is -2.40. The minimum absolute atomic E-state index is 0.000325. The van der Waals surface area contributed by atoms with E-state index in [1.54, 1.807) is 0 Å². The van der Waals surface area contributed by atoms with Crippen LogP contribution in [0.25, 0.3) is 0 Å². The van der Waals surface area contributed by atoms with E-state index in [1.165, 1.54) is 30.2 Å².